The van der Waals surface area contributed by atoms with Gasteiger partial charge in [-0.25, -0.2) is 0 Å². The van der Waals surface area contributed by atoms with E-state index in [0.717, 1.165) is 16.9 Å². The molecule has 112 valence electrons. The maximum Gasteiger partial charge on any atom is 0.573 e. The Kier molecular flexibility index (Phi) is 4.73. The second kappa shape index (κ2) is 6.52. The molecule has 2 aromatic carbocycles. The number of hydrogen-bond donors (Lipinski definition) is 0. The monoisotopic (exact) mass is 296 g/mol. The van der Waals surface area contributed by atoms with Gasteiger partial charge in [-0.1, -0.05) is 29.8 Å². The van der Waals surface area contributed by atoms with Gasteiger partial charge in [-0.3, -0.25) is 0 Å². The highest BCUT2D eigenvalue weighted by Crippen LogP contribution is 2.22. The Balaban J connectivity index is 1.82. The summed E-state index contributed by atoms with van der Waals surface area (Å²) in [6.45, 7) is 2.46. The van der Waals surface area contributed by atoms with Gasteiger partial charge in [0.15, 0.2) is 0 Å². The van der Waals surface area contributed by atoms with Crippen LogP contribution in [0.15, 0.2) is 48.5 Å². The molecule has 21 heavy (non-hydrogen) atoms. The maximum absolute atomic E-state index is 12.0. The molecule has 5 heteroatoms. The Hall–Kier alpha value is -2.17. The smallest absolute Gasteiger partial charge is 0.493 e. The lowest BCUT2D eigenvalue weighted by molar-refractivity contribution is -0.274. The minimum absolute atomic E-state index is 0.217. The first-order valence-electron chi connectivity index (χ1n) is 6.46. The summed E-state index contributed by atoms with van der Waals surface area (Å²) in [5.41, 5.74) is 2.04. The van der Waals surface area contributed by atoms with Crippen molar-refractivity contribution in [3.8, 4) is 11.5 Å². The maximum atomic E-state index is 12.0. The van der Waals surface area contributed by atoms with Gasteiger partial charge >= 0.3 is 6.36 Å². The lowest BCUT2D eigenvalue weighted by Crippen LogP contribution is -2.17. The van der Waals surface area contributed by atoms with Gasteiger partial charge in [-0.2, -0.15) is 0 Å². The number of alkyl halides is 3. The topological polar surface area (TPSA) is 18.5 Å². The van der Waals surface area contributed by atoms with Gasteiger partial charge in [0.2, 0.25) is 0 Å². The predicted octanol–water partition coefficient (Wildman–Crippen LogP) is 4.52. The number of halogens is 3. The van der Waals surface area contributed by atoms with Crippen LogP contribution in [-0.4, -0.2) is 13.0 Å². The van der Waals surface area contributed by atoms with Crippen molar-refractivity contribution in [2.75, 3.05) is 6.61 Å². The molecule has 0 bridgehead atoms. The molecule has 0 aliphatic heterocycles. The molecule has 0 N–H and O–H groups in total. The summed E-state index contributed by atoms with van der Waals surface area (Å²) in [5.74, 6) is 0.559. The third-order valence-electron chi connectivity index (χ3n) is 2.84. The summed E-state index contributed by atoms with van der Waals surface area (Å²) >= 11 is 0. The van der Waals surface area contributed by atoms with Crippen LogP contribution >= 0.6 is 0 Å². The van der Waals surface area contributed by atoms with Gasteiger partial charge < -0.3 is 9.47 Å². The Morgan fingerprint density at radius 2 is 1.43 bits per heavy atom. The van der Waals surface area contributed by atoms with Crippen molar-refractivity contribution in [3.05, 3.63) is 59.7 Å². The Morgan fingerprint density at radius 3 is 2.00 bits per heavy atom. The van der Waals surface area contributed by atoms with Gasteiger partial charge in [0, 0.05) is 6.42 Å². The van der Waals surface area contributed by atoms with E-state index in [9.17, 15) is 13.2 Å². The highest BCUT2D eigenvalue weighted by Gasteiger charge is 2.30. The largest absolute Gasteiger partial charge is 0.573 e. The second-order valence-corrected chi connectivity index (χ2v) is 4.60. The lowest BCUT2D eigenvalue weighted by Gasteiger charge is -2.10. The fourth-order valence-electron chi connectivity index (χ4n) is 1.78. The Labute approximate surface area is 121 Å². The molecule has 0 aromatic heterocycles. The summed E-state index contributed by atoms with van der Waals surface area (Å²) in [5, 5.41) is 0. The average Bonchev–Trinajstić information content (AvgIpc) is 2.41. The van der Waals surface area contributed by atoms with Crippen molar-refractivity contribution in [2.45, 2.75) is 19.7 Å². The van der Waals surface area contributed by atoms with E-state index in [1.807, 2.05) is 31.2 Å². The molecule has 0 amide bonds. The second-order valence-electron chi connectivity index (χ2n) is 4.60. The minimum atomic E-state index is -4.66. The molecular weight excluding hydrogens is 281 g/mol. The minimum Gasteiger partial charge on any atom is -0.493 e. The van der Waals surface area contributed by atoms with Crippen LogP contribution in [0.5, 0.6) is 11.5 Å². The zero-order valence-electron chi connectivity index (χ0n) is 11.5. The van der Waals surface area contributed by atoms with E-state index in [0.29, 0.717) is 13.0 Å². The number of ether oxygens (including phenoxy) is 2. The van der Waals surface area contributed by atoms with E-state index in [1.165, 1.54) is 12.1 Å². The first kappa shape index (κ1) is 15.2. The van der Waals surface area contributed by atoms with Crippen LogP contribution in [0.4, 0.5) is 13.2 Å². The third-order valence-corrected chi connectivity index (χ3v) is 2.84. The zero-order chi connectivity index (χ0) is 15.3. The van der Waals surface area contributed by atoms with E-state index in [2.05, 4.69) is 4.74 Å². The molecule has 0 atom stereocenters. The Bertz CT molecular complexity index is 560. The first-order valence-corrected chi connectivity index (χ1v) is 6.46. The van der Waals surface area contributed by atoms with Crippen molar-refractivity contribution >= 4 is 0 Å². The molecule has 0 aliphatic rings. The van der Waals surface area contributed by atoms with Gasteiger partial charge in [0.1, 0.15) is 11.5 Å². The van der Waals surface area contributed by atoms with Crippen molar-refractivity contribution in [1.82, 2.24) is 0 Å². The standard InChI is InChI=1S/C16H15F3O2/c1-12-2-6-14(7-3-12)20-11-10-13-4-8-15(9-5-13)21-16(17,18)19/h2-9H,10-11H2,1H3. The van der Waals surface area contributed by atoms with Crippen LogP contribution in [0.25, 0.3) is 0 Å². The van der Waals surface area contributed by atoms with Crippen molar-refractivity contribution in [2.24, 2.45) is 0 Å². The first-order chi connectivity index (χ1) is 9.92. The van der Waals surface area contributed by atoms with E-state index in [4.69, 9.17) is 4.74 Å². The van der Waals surface area contributed by atoms with Gasteiger partial charge in [0.25, 0.3) is 0 Å². The van der Waals surface area contributed by atoms with Crippen LogP contribution in [0.3, 0.4) is 0 Å². The van der Waals surface area contributed by atoms with Crippen LogP contribution in [0.1, 0.15) is 11.1 Å². The van der Waals surface area contributed by atoms with Crippen molar-refractivity contribution in [3.63, 3.8) is 0 Å². The van der Waals surface area contributed by atoms with Crippen LogP contribution in [-0.2, 0) is 6.42 Å². The molecule has 0 saturated heterocycles. The molecule has 2 nitrogen and oxygen atoms in total. The SMILES string of the molecule is Cc1ccc(OCCc2ccc(OC(F)(F)F)cc2)cc1. The molecule has 2 rings (SSSR count). The number of aryl methyl sites for hydroxylation is 1. The summed E-state index contributed by atoms with van der Waals surface area (Å²) < 4.78 is 45.4. The highest BCUT2D eigenvalue weighted by molar-refractivity contribution is 5.28. The molecule has 0 heterocycles. The van der Waals surface area contributed by atoms with Crippen LogP contribution in [0.2, 0.25) is 0 Å². The molecule has 0 radical (unpaired) electrons. The molecular formula is C16H15F3O2. The highest BCUT2D eigenvalue weighted by atomic mass is 19.4. The Morgan fingerprint density at radius 1 is 0.857 bits per heavy atom. The van der Waals surface area contributed by atoms with Gasteiger partial charge in [-0.05, 0) is 36.8 Å². The summed E-state index contributed by atoms with van der Waals surface area (Å²) in [7, 11) is 0. The molecule has 0 spiro atoms. The van der Waals surface area contributed by atoms with E-state index < -0.39 is 6.36 Å². The number of rotatable bonds is 5. The van der Waals surface area contributed by atoms with Gasteiger partial charge in [-0.15, -0.1) is 13.2 Å². The molecule has 0 saturated carbocycles. The van der Waals surface area contributed by atoms with Gasteiger partial charge in [0.05, 0.1) is 6.61 Å². The third kappa shape index (κ3) is 5.38. The summed E-state index contributed by atoms with van der Waals surface area (Å²) in [6, 6.07) is 13.5. The summed E-state index contributed by atoms with van der Waals surface area (Å²) in [6.07, 6.45) is -4.05. The lowest BCUT2D eigenvalue weighted by atomic mass is 10.1. The molecule has 2 aromatic rings. The average molecular weight is 296 g/mol. The van der Waals surface area contributed by atoms with Crippen LogP contribution in [0, 0.1) is 6.92 Å². The number of hydrogen-bond acceptors (Lipinski definition) is 2. The van der Waals surface area contributed by atoms with Crippen molar-refractivity contribution < 1.29 is 22.6 Å². The van der Waals surface area contributed by atoms with E-state index in [1.54, 1.807) is 12.1 Å². The fraction of sp³-hybridized carbons (Fsp3) is 0.250. The van der Waals surface area contributed by atoms with E-state index in [-0.39, 0.29) is 5.75 Å². The van der Waals surface area contributed by atoms with Crippen LogP contribution < -0.4 is 9.47 Å². The molecule has 0 unspecified atom stereocenters. The normalized spacial score (nSPS) is 11.2. The zero-order valence-corrected chi connectivity index (χ0v) is 11.5. The van der Waals surface area contributed by atoms with Crippen molar-refractivity contribution in [1.29, 1.82) is 0 Å². The quantitative estimate of drug-likeness (QED) is 0.808. The summed E-state index contributed by atoms with van der Waals surface area (Å²) in [4.78, 5) is 0. The fourth-order valence-corrected chi connectivity index (χ4v) is 1.78. The predicted molar refractivity (Wildman–Crippen MR) is 73.5 cm³/mol. The number of benzene rings is 2. The van der Waals surface area contributed by atoms with E-state index >= 15 is 0 Å². The molecule has 0 fully saturated rings. The molecule has 0 aliphatic carbocycles.